The van der Waals surface area contributed by atoms with Crippen molar-refractivity contribution in [1.29, 1.82) is 0 Å². The van der Waals surface area contributed by atoms with Gasteiger partial charge in [0.25, 0.3) is 0 Å². The van der Waals surface area contributed by atoms with Crippen LogP contribution in [0.25, 0.3) is 0 Å². The number of benzene rings is 1. The van der Waals surface area contributed by atoms with Gasteiger partial charge in [0.15, 0.2) is 5.84 Å². The Bertz CT molecular complexity index is 367. The van der Waals surface area contributed by atoms with E-state index in [2.05, 4.69) is 15.2 Å². The van der Waals surface area contributed by atoms with Crippen LogP contribution in [0, 0.1) is 0 Å². The number of thiocarbonyl (C=S) groups is 1. The largest absolute Gasteiger partial charge is 0.242 e. The average molecular weight is 175 g/mol. The van der Waals surface area contributed by atoms with Gasteiger partial charge in [-0.2, -0.15) is 4.99 Å². The van der Waals surface area contributed by atoms with Crippen molar-refractivity contribution in [2.24, 2.45) is 15.2 Å². The van der Waals surface area contributed by atoms with E-state index in [4.69, 9.17) is 12.2 Å². The van der Waals surface area contributed by atoms with Gasteiger partial charge in [0.1, 0.15) is 0 Å². The van der Waals surface area contributed by atoms with Crippen molar-refractivity contribution in [3.05, 3.63) is 35.9 Å². The maximum absolute atomic E-state index is 4.75. The van der Waals surface area contributed by atoms with Crippen LogP contribution in [-0.4, -0.2) is 10.9 Å². The lowest BCUT2D eigenvalue weighted by Crippen LogP contribution is -1.92. The van der Waals surface area contributed by atoms with Crippen LogP contribution in [0.15, 0.2) is 45.6 Å². The summed E-state index contributed by atoms with van der Waals surface area (Å²) in [4.78, 5) is 3.97. The Hall–Kier alpha value is -1.42. The maximum Gasteiger partial charge on any atom is 0.242 e. The van der Waals surface area contributed by atoms with Crippen molar-refractivity contribution in [1.82, 2.24) is 0 Å². The third-order valence-corrected chi connectivity index (χ3v) is 1.64. The molecule has 0 saturated carbocycles. The fraction of sp³-hybridized carbons (Fsp3) is 0. The molecule has 3 nitrogen and oxygen atoms in total. The topological polar surface area (TPSA) is 37.1 Å². The van der Waals surface area contributed by atoms with Crippen LogP contribution in [0.2, 0.25) is 0 Å². The number of hydrogen-bond donors (Lipinski definition) is 0. The minimum Gasteiger partial charge on any atom is -0.195 e. The molecule has 1 aromatic carbocycles. The zero-order chi connectivity index (χ0) is 8.39. The Morgan fingerprint density at radius 1 is 1.00 bits per heavy atom. The van der Waals surface area contributed by atoms with Crippen LogP contribution >= 0.6 is 12.2 Å². The molecule has 1 heterocycles. The van der Waals surface area contributed by atoms with E-state index in [-0.39, 0.29) is 0 Å². The van der Waals surface area contributed by atoms with Gasteiger partial charge in [0.2, 0.25) is 5.11 Å². The fourth-order valence-electron chi connectivity index (χ4n) is 0.935. The first-order chi connectivity index (χ1) is 5.86. The Morgan fingerprint density at radius 3 is 2.33 bits per heavy atom. The highest BCUT2D eigenvalue weighted by molar-refractivity contribution is 7.80. The molecule has 0 bridgehead atoms. The number of azo groups is 1. The summed E-state index contributed by atoms with van der Waals surface area (Å²) in [5, 5.41) is 7.77. The van der Waals surface area contributed by atoms with Crippen LogP contribution in [-0.2, 0) is 0 Å². The third-order valence-electron chi connectivity index (χ3n) is 1.46. The van der Waals surface area contributed by atoms with Crippen LogP contribution in [0.1, 0.15) is 5.56 Å². The van der Waals surface area contributed by atoms with Crippen LogP contribution in [0.3, 0.4) is 0 Å². The Kier molecular flexibility index (Phi) is 1.75. The van der Waals surface area contributed by atoms with Crippen molar-refractivity contribution >= 4 is 23.2 Å². The highest BCUT2D eigenvalue weighted by Gasteiger charge is 2.08. The van der Waals surface area contributed by atoms with Crippen LogP contribution in [0.4, 0.5) is 0 Å². The first-order valence-electron chi connectivity index (χ1n) is 3.46. The second-order valence-corrected chi connectivity index (χ2v) is 2.65. The predicted molar refractivity (Wildman–Crippen MR) is 50.4 cm³/mol. The molecule has 1 aromatic rings. The normalized spacial score (nSPS) is 15.0. The molecule has 0 N–H and O–H groups in total. The monoisotopic (exact) mass is 175 g/mol. The van der Waals surface area contributed by atoms with Gasteiger partial charge in [-0.15, -0.1) is 10.2 Å². The molecule has 12 heavy (non-hydrogen) atoms. The van der Waals surface area contributed by atoms with Crippen molar-refractivity contribution in [3.8, 4) is 0 Å². The summed E-state index contributed by atoms with van der Waals surface area (Å²) in [5.74, 6) is 0.598. The summed E-state index contributed by atoms with van der Waals surface area (Å²) < 4.78 is 0. The summed E-state index contributed by atoms with van der Waals surface area (Å²) >= 11 is 4.75. The molecule has 0 fully saturated rings. The first-order valence-corrected chi connectivity index (χ1v) is 3.87. The number of rotatable bonds is 1. The van der Waals surface area contributed by atoms with Gasteiger partial charge in [-0.25, -0.2) is 0 Å². The second-order valence-electron chi connectivity index (χ2n) is 2.28. The molecule has 0 atom stereocenters. The molecule has 2 rings (SSSR count). The van der Waals surface area contributed by atoms with E-state index in [0.717, 1.165) is 5.56 Å². The SMILES string of the molecule is S=C1N=NC(c2ccccc2)=N1. The van der Waals surface area contributed by atoms with E-state index in [1.807, 2.05) is 30.3 Å². The second kappa shape index (κ2) is 2.91. The standard InChI is InChI=1S/C8H5N3S/c12-8-9-7(10-11-8)6-4-2-1-3-5-6/h1-5H. The van der Waals surface area contributed by atoms with E-state index in [0.29, 0.717) is 10.9 Å². The van der Waals surface area contributed by atoms with Crippen molar-refractivity contribution in [2.75, 3.05) is 0 Å². The maximum atomic E-state index is 4.75. The Morgan fingerprint density at radius 2 is 1.75 bits per heavy atom. The smallest absolute Gasteiger partial charge is 0.195 e. The molecule has 0 saturated heterocycles. The van der Waals surface area contributed by atoms with E-state index < -0.39 is 0 Å². The summed E-state index contributed by atoms with van der Waals surface area (Å²) in [5.41, 5.74) is 0.945. The van der Waals surface area contributed by atoms with E-state index in [1.54, 1.807) is 0 Å². The molecule has 0 aliphatic carbocycles. The van der Waals surface area contributed by atoms with Gasteiger partial charge in [0.05, 0.1) is 0 Å². The zero-order valence-corrected chi connectivity index (χ0v) is 6.95. The first kappa shape index (κ1) is 7.24. The quantitative estimate of drug-likeness (QED) is 0.603. The van der Waals surface area contributed by atoms with Crippen molar-refractivity contribution in [2.45, 2.75) is 0 Å². The van der Waals surface area contributed by atoms with Crippen molar-refractivity contribution in [3.63, 3.8) is 0 Å². The lowest BCUT2D eigenvalue weighted by atomic mass is 10.2. The molecule has 0 radical (unpaired) electrons. The summed E-state index contributed by atoms with van der Waals surface area (Å²) in [7, 11) is 0. The van der Waals surface area contributed by atoms with Gasteiger partial charge in [0, 0.05) is 5.56 Å². The molecule has 58 valence electrons. The summed E-state index contributed by atoms with van der Waals surface area (Å²) in [6.45, 7) is 0. The molecule has 4 heteroatoms. The molecular weight excluding hydrogens is 170 g/mol. The van der Waals surface area contributed by atoms with Gasteiger partial charge in [-0.1, -0.05) is 30.3 Å². The van der Waals surface area contributed by atoms with E-state index in [9.17, 15) is 0 Å². The molecule has 1 aliphatic rings. The number of aliphatic imine (C=N–C) groups is 1. The third kappa shape index (κ3) is 1.29. The zero-order valence-electron chi connectivity index (χ0n) is 6.14. The van der Waals surface area contributed by atoms with Gasteiger partial charge < -0.3 is 0 Å². The van der Waals surface area contributed by atoms with E-state index >= 15 is 0 Å². The summed E-state index contributed by atoms with van der Waals surface area (Å²) in [6.07, 6.45) is 0. The molecule has 0 amide bonds. The predicted octanol–water partition coefficient (Wildman–Crippen LogP) is 2.18. The molecular formula is C8H5N3S. The minimum absolute atomic E-state index is 0.300. The van der Waals surface area contributed by atoms with Gasteiger partial charge in [-0.05, 0) is 12.2 Å². The lowest BCUT2D eigenvalue weighted by Gasteiger charge is -1.92. The van der Waals surface area contributed by atoms with Gasteiger partial charge in [-0.3, -0.25) is 0 Å². The number of amidine groups is 1. The summed E-state index contributed by atoms with van der Waals surface area (Å²) in [6, 6.07) is 9.63. The lowest BCUT2D eigenvalue weighted by molar-refractivity contribution is 1.40. The average Bonchev–Trinajstić information content (AvgIpc) is 2.54. The van der Waals surface area contributed by atoms with Crippen LogP contribution in [0.5, 0.6) is 0 Å². The fourth-order valence-corrected chi connectivity index (χ4v) is 1.06. The molecule has 0 unspecified atom stereocenters. The highest BCUT2D eigenvalue weighted by Crippen LogP contribution is 2.08. The molecule has 1 aliphatic heterocycles. The number of nitrogens with zero attached hydrogens (tertiary/aromatic N) is 3. The molecule has 0 spiro atoms. The Labute approximate surface area is 74.9 Å². The highest BCUT2D eigenvalue weighted by atomic mass is 32.1. The minimum atomic E-state index is 0.300. The number of hydrogen-bond acceptors (Lipinski definition) is 2. The van der Waals surface area contributed by atoms with Crippen LogP contribution < -0.4 is 0 Å². The van der Waals surface area contributed by atoms with E-state index in [1.165, 1.54) is 0 Å². The van der Waals surface area contributed by atoms with Gasteiger partial charge >= 0.3 is 0 Å². The molecule has 0 aromatic heterocycles. The van der Waals surface area contributed by atoms with Crippen molar-refractivity contribution < 1.29 is 0 Å². The Balaban J connectivity index is 2.40.